The van der Waals surface area contributed by atoms with E-state index in [1.54, 1.807) is 0 Å². The first kappa shape index (κ1) is 9.66. The molecule has 0 aromatic rings. The minimum atomic E-state index is -2.29. The number of rotatable bonds is 2. The van der Waals surface area contributed by atoms with Gasteiger partial charge in [0.2, 0.25) is 0 Å². The van der Waals surface area contributed by atoms with Crippen LogP contribution in [-0.4, -0.2) is 15.5 Å². The van der Waals surface area contributed by atoms with Crippen molar-refractivity contribution in [1.82, 2.24) is 0 Å². The van der Waals surface area contributed by atoms with E-state index in [1.807, 2.05) is 0 Å². The molecule has 0 saturated heterocycles. The van der Waals surface area contributed by atoms with Gasteiger partial charge in [-0.1, -0.05) is 17.7 Å². The van der Waals surface area contributed by atoms with Gasteiger partial charge in [-0.2, -0.15) is 0 Å². The zero-order valence-electron chi connectivity index (χ0n) is 6.34. The van der Waals surface area contributed by atoms with E-state index < -0.39 is 21.9 Å². The molecule has 1 rings (SSSR count). The van der Waals surface area contributed by atoms with Crippen LogP contribution in [0.4, 0.5) is 0 Å². The molecule has 0 aromatic heterocycles. The Morgan fingerprint density at radius 3 is 2.23 bits per heavy atom. The van der Waals surface area contributed by atoms with Gasteiger partial charge in [-0.3, -0.25) is 20.2 Å². The van der Waals surface area contributed by atoms with Crippen LogP contribution >= 0.6 is 11.6 Å². The minimum absolute atomic E-state index is 0.107. The number of nitrogens with zero attached hydrogens (tertiary/aromatic N) is 2. The first-order valence-electron chi connectivity index (χ1n) is 3.32. The van der Waals surface area contributed by atoms with Gasteiger partial charge in [-0.25, -0.2) is 0 Å². The molecule has 0 atom stereocenters. The molecule has 0 spiro atoms. The van der Waals surface area contributed by atoms with Gasteiger partial charge in [0, 0.05) is 5.03 Å². The molecule has 6 nitrogen and oxygen atoms in total. The SMILES string of the molecule is O=[N+]([O-])C1([N+](=O)[O-])C=CC=C(Cl)C1. The Kier molecular flexibility index (Phi) is 2.33. The Labute approximate surface area is 77.8 Å². The summed E-state index contributed by atoms with van der Waals surface area (Å²) < 4.78 is 0. The second-order valence-corrected chi connectivity index (χ2v) is 3.03. The third-order valence-corrected chi connectivity index (χ3v) is 1.96. The summed E-state index contributed by atoms with van der Waals surface area (Å²) in [4.78, 5) is 19.1. The highest BCUT2D eigenvalue weighted by molar-refractivity contribution is 6.29. The van der Waals surface area contributed by atoms with Gasteiger partial charge in [-0.05, 0) is 6.08 Å². The zero-order chi connectivity index (χ0) is 10.1. The molecule has 0 aliphatic heterocycles. The number of allylic oxidation sites excluding steroid dienone is 2. The normalized spacial score (nSPS) is 19.3. The van der Waals surface area contributed by atoms with Crippen LogP contribution in [0.3, 0.4) is 0 Å². The van der Waals surface area contributed by atoms with Crippen molar-refractivity contribution < 1.29 is 9.85 Å². The topological polar surface area (TPSA) is 86.3 Å². The van der Waals surface area contributed by atoms with E-state index in [9.17, 15) is 20.2 Å². The molecule has 7 heteroatoms. The van der Waals surface area contributed by atoms with E-state index in [4.69, 9.17) is 11.6 Å². The molecular formula is C6H5ClN2O4. The maximum Gasteiger partial charge on any atom is 0.482 e. The summed E-state index contributed by atoms with van der Waals surface area (Å²) in [6.07, 6.45) is 3.15. The standard InChI is InChI=1S/C6H5ClN2O4/c7-5-2-1-3-6(4-5,8(10)11)9(12)13/h1-3H,4H2. The van der Waals surface area contributed by atoms with Gasteiger partial charge in [-0.15, -0.1) is 0 Å². The number of halogens is 1. The lowest BCUT2D eigenvalue weighted by molar-refractivity contribution is -0.780. The lowest BCUT2D eigenvalue weighted by Crippen LogP contribution is -2.45. The largest absolute Gasteiger partial charge is 0.482 e. The van der Waals surface area contributed by atoms with Gasteiger partial charge < -0.3 is 0 Å². The molecule has 0 saturated carbocycles. The Morgan fingerprint density at radius 1 is 1.38 bits per heavy atom. The Balaban J connectivity index is 3.09. The molecule has 13 heavy (non-hydrogen) atoms. The minimum Gasteiger partial charge on any atom is -0.258 e. The summed E-state index contributed by atoms with van der Waals surface area (Å²) in [6, 6.07) is 0. The van der Waals surface area contributed by atoms with Crippen LogP contribution in [-0.2, 0) is 0 Å². The number of hydrogen-bond acceptors (Lipinski definition) is 4. The fraction of sp³-hybridized carbons (Fsp3) is 0.333. The molecule has 0 fully saturated rings. The van der Waals surface area contributed by atoms with E-state index >= 15 is 0 Å². The first-order chi connectivity index (χ1) is 5.99. The van der Waals surface area contributed by atoms with E-state index in [1.165, 1.54) is 12.2 Å². The van der Waals surface area contributed by atoms with Gasteiger partial charge in [0.15, 0.2) is 0 Å². The molecule has 0 unspecified atom stereocenters. The van der Waals surface area contributed by atoms with Crippen molar-refractivity contribution in [3.8, 4) is 0 Å². The maximum absolute atomic E-state index is 10.5. The summed E-state index contributed by atoms with van der Waals surface area (Å²) in [5.41, 5.74) is -2.29. The molecule has 70 valence electrons. The lowest BCUT2D eigenvalue weighted by Gasteiger charge is -2.14. The molecule has 0 heterocycles. The fourth-order valence-corrected chi connectivity index (χ4v) is 1.26. The van der Waals surface area contributed by atoms with Crippen LogP contribution in [0.15, 0.2) is 23.3 Å². The average Bonchev–Trinajstić information content (AvgIpc) is 2.03. The Hall–Kier alpha value is -1.43. The van der Waals surface area contributed by atoms with Crippen LogP contribution in [0.25, 0.3) is 0 Å². The molecule has 0 bridgehead atoms. The van der Waals surface area contributed by atoms with Crippen molar-refractivity contribution in [2.24, 2.45) is 0 Å². The first-order valence-corrected chi connectivity index (χ1v) is 3.70. The van der Waals surface area contributed by atoms with Crippen molar-refractivity contribution in [2.45, 2.75) is 12.1 Å². The second-order valence-electron chi connectivity index (χ2n) is 2.54. The summed E-state index contributed by atoms with van der Waals surface area (Å²) in [6.45, 7) is 0. The van der Waals surface area contributed by atoms with Crippen molar-refractivity contribution >= 4 is 11.6 Å². The van der Waals surface area contributed by atoms with Crippen molar-refractivity contribution in [1.29, 1.82) is 0 Å². The van der Waals surface area contributed by atoms with E-state index in [0.717, 1.165) is 6.08 Å². The Bertz CT molecular complexity index is 309. The van der Waals surface area contributed by atoms with E-state index in [2.05, 4.69) is 0 Å². The predicted molar refractivity (Wildman–Crippen MR) is 44.4 cm³/mol. The molecule has 0 aromatic carbocycles. The van der Waals surface area contributed by atoms with Gasteiger partial charge in [0.1, 0.15) is 16.3 Å². The van der Waals surface area contributed by atoms with Gasteiger partial charge in [0.25, 0.3) is 0 Å². The monoisotopic (exact) mass is 204 g/mol. The quantitative estimate of drug-likeness (QED) is 0.386. The van der Waals surface area contributed by atoms with Crippen LogP contribution in [0.2, 0.25) is 0 Å². The van der Waals surface area contributed by atoms with Crippen molar-refractivity contribution in [3.63, 3.8) is 0 Å². The molecule has 0 N–H and O–H groups in total. The molecule has 0 radical (unpaired) electrons. The maximum atomic E-state index is 10.5. The Morgan fingerprint density at radius 2 is 1.92 bits per heavy atom. The van der Waals surface area contributed by atoms with Crippen LogP contribution < -0.4 is 0 Å². The second kappa shape index (κ2) is 3.14. The van der Waals surface area contributed by atoms with E-state index in [-0.39, 0.29) is 5.03 Å². The zero-order valence-corrected chi connectivity index (χ0v) is 7.10. The predicted octanol–water partition coefficient (Wildman–Crippen LogP) is 1.32. The smallest absolute Gasteiger partial charge is 0.258 e. The molecule has 0 amide bonds. The van der Waals surface area contributed by atoms with Crippen LogP contribution in [0.5, 0.6) is 0 Å². The molecule has 1 aliphatic rings. The summed E-state index contributed by atoms with van der Waals surface area (Å²) >= 11 is 5.49. The highest BCUT2D eigenvalue weighted by atomic mass is 35.5. The third kappa shape index (κ3) is 1.52. The van der Waals surface area contributed by atoms with Crippen molar-refractivity contribution in [3.05, 3.63) is 43.5 Å². The summed E-state index contributed by atoms with van der Waals surface area (Å²) in [5.74, 6) is 0. The number of hydrogen-bond donors (Lipinski definition) is 0. The van der Waals surface area contributed by atoms with Crippen LogP contribution in [0.1, 0.15) is 6.42 Å². The highest BCUT2D eigenvalue weighted by Crippen LogP contribution is 2.28. The van der Waals surface area contributed by atoms with Gasteiger partial charge >= 0.3 is 5.66 Å². The molecular weight excluding hydrogens is 200 g/mol. The van der Waals surface area contributed by atoms with Crippen LogP contribution in [0, 0.1) is 20.2 Å². The lowest BCUT2D eigenvalue weighted by atomic mass is 10.0. The summed E-state index contributed by atoms with van der Waals surface area (Å²) in [7, 11) is 0. The molecule has 1 aliphatic carbocycles. The van der Waals surface area contributed by atoms with Crippen molar-refractivity contribution in [2.75, 3.05) is 0 Å². The average molecular weight is 205 g/mol. The fourth-order valence-electron chi connectivity index (χ4n) is 0.991. The van der Waals surface area contributed by atoms with E-state index in [0.29, 0.717) is 0 Å². The highest BCUT2D eigenvalue weighted by Gasteiger charge is 2.54. The third-order valence-electron chi connectivity index (χ3n) is 1.70. The number of nitro groups is 2. The summed E-state index contributed by atoms with van der Waals surface area (Å²) in [5, 5.41) is 21.1. The van der Waals surface area contributed by atoms with Gasteiger partial charge in [0.05, 0.1) is 6.08 Å².